The number of aryl methyl sites for hydroxylation is 1. The summed E-state index contributed by atoms with van der Waals surface area (Å²) >= 11 is 0. The zero-order valence-corrected chi connectivity index (χ0v) is 17.0. The van der Waals surface area contributed by atoms with Crippen LogP contribution in [-0.2, 0) is 6.54 Å². The highest BCUT2D eigenvalue weighted by Gasteiger charge is 2.21. The molecule has 0 unspecified atom stereocenters. The van der Waals surface area contributed by atoms with Crippen molar-refractivity contribution in [1.82, 2.24) is 20.0 Å². The number of hydrogen-bond acceptors (Lipinski definition) is 6. The molecule has 0 N–H and O–H groups in total. The number of nitrogens with zero attached hydrogens (tertiary/aromatic N) is 5. The van der Waals surface area contributed by atoms with E-state index in [2.05, 4.69) is 94.5 Å². The number of aromatic nitrogens is 3. The smallest absolute Gasteiger partial charge is 0.263 e. The summed E-state index contributed by atoms with van der Waals surface area (Å²) in [6, 6.07) is 18.7. The van der Waals surface area contributed by atoms with Crippen LogP contribution in [0.4, 0.5) is 5.82 Å². The van der Waals surface area contributed by atoms with Crippen LogP contribution < -0.4 is 4.90 Å². The molecular formula is C23H25N5O. The molecule has 148 valence electrons. The van der Waals surface area contributed by atoms with E-state index in [1.165, 1.54) is 11.1 Å². The number of fused-ring (bicyclic) bond motifs is 1. The minimum atomic E-state index is 0.508. The van der Waals surface area contributed by atoms with Gasteiger partial charge in [-0.05, 0) is 26.6 Å². The van der Waals surface area contributed by atoms with E-state index in [4.69, 9.17) is 4.52 Å². The first-order valence-electron chi connectivity index (χ1n) is 9.73. The number of rotatable bonds is 7. The van der Waals surface area contributed by atoms with Crippen molar-refractivity contribution in [2.24, 2.45) is 0 Å². The van der Waals surface area contributed by atoms with Crippen LogP contribution in [0.1, 0.15) is 11.1 Å². The Bertz CT molecular complexity index is 1070. The normalized spacial score (nSPS) is 11.3. The topological polar surface area (TPSA) is 58.3 Å². The summed E-state index contributed by atoms with van der Waals surface area (Å²) in [5.74, 6) is 0.845. The van der Waals surface area contributed by atoms with E-state index >= 15 is 0 Å². The minimum Gasteiger partial charge on any atom is -0.350 e. The van der Waals surface area contributed by atoms with Gasteiger partial charge in [0.1, 0.15) is 23.2 Å². The van der Waals surface area contributed by atoms with Crippen molar-refractivity contribution < 1.29 is 4.52 Å². The molecule has 4 aromatic rings. The zero-order chi connectivity index (χ0) is 20.2. The lowest BCUT2D eigenvalue weighted by atomic mass is 10.1. The van der Waals surface area contributed by atoms with Gasteiger partial charge in [-0.1, -0.05) is 65.3 Å². The predicted molar refractivity (Wildman–Crippen MR) is 116 cm³/mol. The molecule has 0 aliphatic carbocycles. The Balaban J connectivity index is 1.79. The lowest BCUT2D eigenvalue weighted by Crippen LogP contribution is -2.32. The standard InChI is InChI=1S/C23H25N5O/c1-17-9-11-19(12-10-17)21-20-22(24-16-25-23(20)29-26-21)28(14-13-27(2)3)15-18-7-5-4-6-8-18/h4-12,16H,13-15H2,1-3H3. The maximum Gasteiger partial charge on any atom is 0.263 e. The van der Waals surface area contributed by atoms with Gasteiger partial charge >= 0.3 is 0 Å². The van der Waals surface area contributed by atoms with Crippen LogP contribution in [0.2, 0.25) is 0 Å². The van der Waals surface area contributed by atoms with Crippen LogP contribution in [0.15, 0.2) is 65.4 Å². The fraction of sp³-hybridized carbons (Fsp3) is 0.261. The molecule has 29 heavy (non-hydrogen) atoms. The van der Waals surface area contributed by atoms with Crippen molar-refractivity contribution in [2.75, 3.05) is 32.1 Å². The van der Waals surface area contributed by atoms with Gasteiger partial charge < -0.3 is 14.3 Å². The average molecular weight is 387 g/mol. The first-order valence-corrected chi connectivity index (χ1v) is 9.73. The number of benzene rings is 2. The van der Waals surface area contributed by atoms with Gasteiger partial charge in [-0.3, -0.25) is 0 Å². The van der Waals surface area contributed by atoms with Crippen LogP contribution >= 0.6 is 0 Å². The van der Waals surface area contributed by atoms with Gasteiger partial charge in [0.15, 0.2) is 0 Å². The summed E-state index contributed by atoms with van der Waals surface area (Å²) in [7, 11) is 4.15. The van der Waals surface area contributed by atoms with E-state index in [-0.39, 0.29) is 0 Å². The second kappa shape index (κ2) is 8.41. The average Bonchev–Trinajstić information content (AvgIpc) is 3.17. The van der Waals surface area contributed by atoms with E-state index in [0.717, 1.165) is 42.1 Å². The largest absolute Gasteiger partial charge is 0.350 e. The van der Waals surface area contributed by atoms with Crippen LogP contribution in [0.25, 0.3) is 22.4 Å². The molecular weight excluding hydrogens is 362 g/mol. The Morgan fingerprint density at radius 2 is 1.66 bits per heavy atom. The van der Waals surface area contributed by atoms with Crippen LogP contribution in [0, 0.1) is 6.92 Å². The molecule has 6 nitrogen and oxygen atoms in total. The van der Waals surface area contributed by atoms with Crippen molar-refractivity contribution in [2.45, 2.75) is 13.5 Å². The lowest BCUT2D eigenvalue weighted by Gasteiger charge is -2.26. The summed E-state index contributed by atoms with van der Waals surface area (Å²) < 4.78 is 5.56. The molecule has 0 fully saturated rings. The highest BCUT2D eigenvalue weighted by Crippen LogP contribution is 2.33. The first-order chi connectivity index (χ1) is 14.1. The van der Waals surface area contributed by atoms with E-state index in [9.17, 15) is 0 Å². The summed E-state index contributed by atoms with van der Waals surface area (Å²) in [4.78, 5) is 13.4. The van der Waals surface area contributed by atoms with Crippen LogP contribution in [-0.4, -0.2) is 47.2 Å². The fourth-order valence-electron chi connectivity index (χ4n) is 3.30. The van der Waals surface area contributed by atoms with Gasteiger partial charge in [-0.25, -0.2) is 4.98 Å². The van der Waals surface area contributed by atoms with E-state index in [1.54, 1.807) is 6.33 Å². The molecule has 2 heterocycles. The fourth-order valence-corrected chi connectivity index (χ4v) is 3.30. The third-order valence-corrected chi connectivity index (χ3v) is 4.91. The minimum absolute atomic E-state index is 0.508. The third kappa shape index (κ3) is 4.27. The first kappa shape index (κ1) is 19.1. The van der Waals surface area contributed by atoms with Crippen molar-refractivity contribution in [1.29, 1.82) is 0 Å². The molecule has 0 aliphatic rings. The van der Waals surface area contributed by atoms with E-state index in [1.807, 2.05) is 6.07 Å². The maximum atomic E-state index is 5.56. The summed E-state index contributed by atoms with van der Waals surface area (Å²) in [5.41, 5.74) is 4.71. The molecule has 2 aromatic heterocycles. The summed E-state index contributed by atoms with van der Waals surface area (Å²) in [6.45, 7) is 4.55. The van der Waals surface area contributed by atoms with E-state index < -0.39 is 0 Å². The van der Waals surface area contributed by atoms with Crippen molar-refractivity contribution in [3.63, 3.8) is 0 Å². The van der Waals surface area contributed by atoms with Crippen LogP contribution in [0.3, 0.4) is 0 Å². The second-order valence-corrected chi connectivity index (χ2v) is 7.49. The van der Waals surface area contributed by atoms with Gasteiger partial charge in [-0.15, -0.1) is 0 Å². The quantitative estimate of drug-likeness (QED) is 0.475. The maximum absolute atomic E-state index is 5.56. The van der Waals surface area contributed by atoms with Gasteiger partial charge in [0.25, 0.3) is 5.71 Å². The molecule has 0 saturated carbocycles. The number of anilines is 1. The molecule has 0 spiro atoms. The predicted octanol–water partition coefficient (Wildman–Crippen LogP) is 4.16. The molecule has 2 aromatic carbocycles. The number of hydrogen-bond donors (Lipinski definition) is 0. The highest BCUT2D eigenvalue weighted by atomic mass is 16.5. The third-order valence-electron chi connectivity index (χ3n) is 4.91. The Morgan fingerprint density at radius 1 is 0.897 bits per heavy atom. The zero-order valence-electron chi connectivity index (χ0n) is 17.0. The molecule has 0 radical (unpaired) electrons. The summed E-state index contributed by atoms with van der Waals surface area (Å²) in [6.07, 6.45) is 1.55. The molecule has 0 amide bonds. The lowest BCUT2D eigenvalue weighted by molar-refractivity contribution is 0.412. The Labute approximate surface area is 170 Å². The molecule has 6 heteroatoms. The Morgan fingerprint density at radius 3 is 2.38 bits per heavy atom. The van der Waals surface area contributed by atoms with Crippen molar-refractivity contribution >= 4 is 16.9 Å². The van der Waals surface area contributed by atoms with Crippen LogP contribution in [0.5, 0.6) is 0 Å². The molecule has 0 bridgehead atoms. The van der Waals surface area contributed by atoms with Gasteiger partial charge in [0, 0.05) is 25.2 Å². The molecule has 0 aliphatic heterocycles. The Hall–Kier alpha value is -3.25. The molecule has 0 atom stereocenters. The molecule has 0 saturated heterocycles. The number of likely N-dealkylation sites (N-methyl/N-ethyl adjacent to an activating group) is 1. The molecule has 4 rings (SSSR count). The highest BCUT2D eigenvalue weighted by molar-refractivity contribution is 5.97. The van der Waals surface area contributed by atoms with Gasteiger partial charge in [0.05, 0.1) is 0 Å². The van der Waals surface area contributed by atoms with Gasteiger partial charge in [-0.2, -0.15) is 4.98 Å². The summed E-state index contributed by atoms with van der Waals surface area (Å²) in [5, 5.41) is 5.18. The second-order valence-electron chi connectivity index (χ2n) is 7.49. The van der Waals surface area contributed by atoms with E-state index in [0.29, 0.717) is 5.71 Å². The van der Waals surface area contributed by atoms with Crippen molar-refractivity contribution in [3.05, 3.63) is 72.1 Å². The van der Waals surface area contributed by atoms with Gasteiger partial charge in [0.2, 0.25) is 0 Å². The van der Waals surface area contributed by atoms with Crippen molar-refractivity contribution in [3.8, 4) is 11.3 Å². The monoisotopic (exact) mass is 387 g/mol. The Kier molecular flexibility index (Phi) is 5.53. The SMILES string of the molecule is Cc1ccc(-c2noc3ncnc(N(CCN(C)C)Cc4ccccc4)c23)cc1.